The summed E-state index contributed by atoms with van der Waals surface area (Å²) in [5.74, 6) is 0. The van der Waals surface area contributed by atoms with Crippen LogP contribution >= 0.6 is 11.6 Å². The fourth-order valence-corrected chi connectivity index (χ4v) is 4.55. The zero-order valence-corrected chi connectivity index (χ0v) is 18.3. The number of nitrogens with zero attached hydrogens (tertiary/aromatic N) is 3. The van der Waals surface area contributed by atoms with Gasteiger partial charge in [-0.15, -0.1) is 0 Å². The standard InChI is InChI=1S/C19H25ClN4O4S/c1-19(2,3)24-18(25)17(20)16(13-22-24)21-12-14-4-6-15(7-5-14)29(26,27)23-8-10-28-11-9-23/h4-7,13,21H,8-12H2,1-3H3. The third kappa shape index (κ3) is 4.80. The first kappa shape index (κ1) is 21.8. The van der Waals surface area contributed by atoms with Crippen molar-refractivity contribution in [3.05, 3.63) is 51.4 Å². The van der Waals surface area contributed by atoms with Crippen molar-refractivity contribution in [2.75, 3.05) is 31.6 Å². The van der Waals surface area contributed by atoms with Crippen molar-refractivity contribution in [1.82, 2.24) is 14.1 Å². The van der Waals surface area contributed by atoms with Crippen molar-refractivity contribution >= 4 is 27.3 Å². The molecule has 1 aromatic heterocycles. The number of hydrogen-bond acceptors (Lipinski definition) is 6. The molecule has 1 aliphatic rings. The first-order chi connectivity index (χ1) is 13.6. The van der Waals surface area contributed by atoms with Gasteiger partial charge in [0, 0.05) is 19.6 Å². The molecule has 0 atom stereocenters. The summed E-state index contributed by atoms with van der Waals surface area (Å²) in [5.41, 5.74) is 0.446. The zero-order chi connectivity index (χ0) is 21.2. The average Bonchev–Trinajstić information content (AvgIpc) is 2.69. The molecule has 0 radical (unpaired) electrons. The Bertz CT molecular complexity index is 1020. The topological polar surface area (TPSA) is 93.5 Å². The number of aromatic nitrogens is 2. The Kier molecular flexibility index (Phi) is 6.33. The maximum absolute atomic E-state index is 12.7. The molecule has 158 valence electrons. The van der Waals surface area contributed by atoms with Crippen LogP contribution in [-0.4, -0.2) is 48.8 Å². The molecule has 0 aliphatic carbocycles. The molecule has 2 heterocycles. The van der Waals surface area contributed by atoms with Gasteiger partial charge in [0.2, 0.25) is 10.0 Å². The van der Waals surface area contributed by atoms with Crippen molar-refractivity contribution in [1.29, 1.82) is 0 Å². The number of hydrogen-bond donors (Lipinski definition) is 1. The predicted molar refractivity (Wildman–Crippen MR) is 112 cm³/mol. The van der Waals surface area contributed by atoms with Gasteiger partial charge in [0.15, 0.2) is 0 Å². The van der Waals surface area contributed by atoms with Gasteiger partial charge in [0.25, 0.3) is 5.56 Å². The third-order valence-electron chi connectivity index (χ3n) is 4.57. The highest BCUT2D eigenvalue weighted by Gasteiger charge is 2.26. The SMILES string of the molecule is CC(C)(C)n1ncc(NCc2ccc(S(=O)(=O)N3CCOCC3)cc2)c(Cl)c1=O. The van der Waals surface area contributed by atoms with Gasteiger partial charge in [-0.1, -0.05) is 23.7 Å². The van der Waals surface area contributed by atoms with Gasteiger partial charge in [0.1, 0.15) is 5.02 Å². The van der Waals surface area contributed by atoms with Crippen LogP contribution in [0.3, 0.4) is 0 Å². The maximum atomic E-state index is 12.7. The third-order valence-corrected chi connectivity index (χ3v) is 6.85. The number of benzene rings is 1. The minimum Gasteiger partial charge on any atom is -0.379 e. The number of halogens is 1. The van der Waals surface area contributed by atoms with E-state index in [-0.39, 0.29) is 15.5 Å². The molecule has 0 bridgehead atoms. The van der Waals surface area contributed by atoms with Gasteiger partial charge in [-0.05, 0) is 38.5 Å². The van der Waals surface area contributed by atoms with Gasteiger partial charge >= 0.3 is 0 Å². The summed E-state index contributed by atoms with van der Waals surface area (Å²) in [7, 11) is -3.52. The summed E-state index contributed by atoms with van der Waals surface area (Å²) >= 11 is 6.21. The van der Waals surface area contributed by atoms with E-state index in [1.165, 1.54) is 15.2 Å². The van der Waals surface area contributed by atoms with Crippen LogP contribution in [-0.2, 0) is 26.8 Å². The summed E-state index contributed by atoms with van der Waals surface area (Å²) in [5, 5.41) is 7.34. The molecule has 1 aliphatic heterocycles. The van der Waals surface area contributed by atoms with E-state index in [0.717, 1.165) is 5.56 Å². The second-order valence-electron chi connectivity index (χ2n) is 7.77. The molecule has 0 saturated carbocycles. The van der Waals surface area contributed by atoms with E-state index < -0.39 is 15.6 Å². The van der Waals surface area contributed by atoms with E-state index in [1.807, 2.05) is 20.8 Å². The Labute approximate surface area is 175 Å². The summed E-state index contributed by atoms with van der Waals surface area (Å²) in [4.78, 5) is 12.6. The summed E-state index contributed by atoms with van der Waals surface area (Å²) < 4.78 is 33.3. The number of rotatable bonds is 5. The molecule has 10 heteroatoms. The van der Waals surface area contributed by atoms with Crippen LogP contribution in [0, 0.1) is 0 Å². The summed E-state index contributed by atoms with van der Waals surface area (Å²) in [6.45, 7) is 7.52. The monoisotopic (exact) mass is 440 g/mol. The molecular formula is C19H25ClN4O4S. The smallest absolute Gasteiger partial charge is 0.288 e. The van der Waals surface area contributed by atoms with Gasteiger partial charge < -0.3 is 10.1 Å². The second-order valence-corrected chi connectivity index (χ2v) is 10.1. The highest BCUT2D eigenvalue weighted by molar-refractivity contribution is 7.89. The van der Waals surface area contributed by atoms with E-state index in [0.29, 0.717) is 38.5 Å². The van der Waals surface area contributed by atoms with Crippen molar-refractivity contribution < 1.29 is 13.2 Å². The Hall–Kier alpha value is -1.94. The fraction of sp³-hybridized carbons (Fsp3) is 0.474. The lowest BCUT2D eigenvalue weighted by atomic mass is 10.1. The molecule has 0 unspecified atom stereocenters. The summed E-state index contributed by atoms with van der Waals surface area (Å²) in [6, 6.07) is 6.63. The Morgan fingerprint density at radius 1 is 1.17 bits per heavy atom. The molecule has 2 aromatic rings. The van der Waals surface area contributed by atoms with Crippen LogP contribution in [0.2, 0.25) is 5.02 Å². The first-order valence-corrected chi connectivity index (χ1v) is 11.1. The van der Waals surface area contributed by atoms with Crippen LogP contribution in [0.25, 0.3) is 0 Å². The predicted octanol–water partition coefficient (Wildman–Crippen LogP) is 2.28. The van der Waals surface area contributed by atoms with Crippen LogP contribution in [0.4, 0.5) is 5.69 Å². The molecule has 0 spiro atoms. The number of sulfonamides is 1. The lowest BCUT2D eigenvalue weighted by Crippen LogP contribution is -2.40. The molecular weight excluding hydrogens is 416 g/mol. The average molecular weight is 441 g/mol. The lowest BCUT2D eigenvalue weighted by molar-refractivity contribution is 0.0730. The molecule has 3 rings (SSSR count). The largest absolute Gasteiger partial charge is 0.379 e. The minimum atomic E-state index is -3.52. The van der Waals surface area contributed by atoms with E-state index >= 15 is 0 Å². The number of anilines is 1. The highest BCUT2D eigenvalue weighted by atomic mass is 35.5. The molecule has 8 nitrogen and oxygen atoms in total. The molecule has 1 saturated heterocycles. The van der Waals surface area contributed by atoms with E-state index in [4.69, 9.17) is 16.3 Å². The summed E-state index contributed by atoms with van der Waals surface area (Å²) in [6.07, 6.45) is 1.52. The van der Waals surface area contributed by atoms with Crippen LogP contribution in [0.15, 0.2) is 40.2 Å². The molecule has 29 heavy (non-hydrogen) atoms. The van der Waals surface area contributed by atoms with Gasteiger partial charge in [0.05, 0.1) is 35.5 Å². The van der Waals surface area contributed by atoms with Gasteiger partial charge in [-0.3, -0.25) is 4.79 Å². The Morgan fingerprint density at radius 3 is 2.38 bits per heavy atom. The minimum absolute atomic E-state index is 0.0708. The van der Waals surface area contributed by atoms with E-state index in [9.17, 15) is 13.2 Å². The fourth-order valence-electron chi connectivity index (χ4n) is 2.95. The van der Waals surface area contributed by atoms with Crippen molar-refractivity contribution in [2.24, 2.45) is 0 Å². The number of morpholine rings is 1. The van der Waals surface area contributed by atoms with Crippen LogP contribution < -0.4 is 10.9 Å². The van der Waals surface area contributed by atoms with E-state index in [2.05, 4.69) is 10.4 Å². The normalized spacial score (nSPS) is 16.0. The maximum Gasteiger partial charge on any atom is 0.288 e. The lowest BCUT2D eigenvalue weighted by Gasteiger charge is -2.26. The Balaban J connectivity index is 1.71. The zero-order valence-electron chi connectivity index (χ0n) is 16.7. The Morgan fingerprint density at radius 2 is 1.79 bits per heavy atom. The van der Waals surface area contributed by atoms with Crippen LogP contribution in [0.1, 0.15) is 26.3 Å². The quantitative estimate of drug-likeness (QED) is 0.766. The van der Waals surface area contributed by atoms with Crippen molar-refractivity contribution in [2.45, 2.75) is 37.8 Å². The molecule has 1 N–H and O–H groups in total. The number of nitrogens with one attached hydrogen (secondary N) is 1. The molecule has 1 fully saturated rings. The van der Waals surface area contributed by atoms with Crippen molar-refractivity contribution in [3.8, 4) is 0 Å². The molecule has 1 aromatic carbocycles. The van der Waals surface area contributed by atoms with E-state index in [1.54, 1.807) is 24.3 Å². The van der Waals surface area contributed by atoms with Crippen LogP contribution in [0.5, 0.6) is 0 Å². The molecule has 0 amide bonds. The second kappa shape index (κ2) is 8.43. The first-order valence-electron chi connectivity index (χ1n) is 9.30. The van der Waals surface area contributed by atoms with Gasteiger partial charge in [-0.2, -0.15) is 9.40 Å². The van der Waals surface area contributed by atoms with Crippen molar-refractivity contribution in [3.63, 3.8) is 0 Å². The van der Waals surface area contributed by atoms with Gasteiger partial charge in [-0.25, -0.2) is 13.1 Å². The number of ether oxygens (including phenoxy) is 1. The highest BCUT2D eigenvalue weighted by Crippen LogP contribution is 2.21.